The molecule has 3 nitrogen and oxygen atoms in total. The van der Waals surface area contributed by atoms with Gasteiger partial charge in [0.2, 0.25) is 0 Å². The van der Waals surface area contributed by atoms with Gasteiger partial charge in [-0.1, -0.05) is 133 Å². The molecule has 0 amide bonds. The fraction of sp³-hybridized carbons (Fsp3) is 0. The fourth-order valence-electron chi connectivity index (χ4n) is 6.40. The third-order valence-corrected chi connectivity index (χ3v) is 11.3. The lowest BCUT2D eigenvalue weighted by atomic mass is 9.95. The van der Waals surface area contributed by atoms with E-state index in [9.17, 15) is 0 Å². The summed E-state index contributed by atoms with van der Waals surface area (Å²) in [6.07, 6.45) is 0. The van der Waals surface area contributed by atoms with Crippen LogP contribution in [-0.4, -0.2) is 0 Å². The van der Waals surface area contributed by atoms with Crippen molar-refractivity contribution in [2.45, 2.75) is 0 Å². The van der Waals surface area contributed by atoms with Crippen LogP contribution in [0.3, 0.4) is 0 Å². The lowest BCUT2D eigenvalue weighted by Gasteiger charge is -2.33. The van der Waals surface area contributed by atoms with E-state index in [1.54, 1.807) is 0 Å². The molecule has 1 atom stereocenters. The molecule has 4 heteroatoms. The lowest BCUT2D eigenvalue weighted by Crippen LogP contribution is -2.26. The highest BCUT2D eigenvalue weighted by molar-refractivity contribution is 7.76. The SMILES string of the molecule is O=P1(c2ccc(-c3ccccc3-c3ccccc3)cc2)N(c2ccccc2)c2ccc3ccccc3c2N1c1ccccc1. The predicted molar refractivity (Wildman–Crippen MR) is 186 cm³/mol. The molecule has 0 radical (unpaired) electrons. The Morgan fingerprint density at radius 1 is 0.409 bits per heavy atom. The number of anilines is 4. The maximum atomic E-state index is 16.2. The Morgan fingerprint density at radius 2 is 0.909 bits per heavy atom. The van der Waals surface area contributed by atoms with Gasteiger partial charge in [-0.25, -0.2) is 0 Å². The minimum absolute atomic E-state index is 0.770. The van der Waals surface area contributed by atoms with E-state index in [0.29, 0.717) is 0 Å². The zero-order valence-electron chi connectivity index (χ0n) is 24.0. The van der Waals surface area contributed by atoms with Crippen molar-refractivity contribution in [1.82, 2.24) is 0 Å². The largest absolute Gasteiger partial charge is 0.301 e. The number of benzene rings is 7. The summed E-state index contributed by atoms with van der Waals surface area (Å²) in [6.45, 7) is 0. The topological polar surface area (TPSA) is 23.6 Å². The van der Waals surface area contributed by atoms with Crippen LogP contribution < -0.4 is 14.6 Å². The molecule has 0 bridgehead atoms. The van der Waals surface area contributed by atoms with Gasteiger partial charge in [-0.05, 0) is 70.1 Å². The second-order valence-electron chi connectivity index (χ2n) is 11.0. The molecule has 0 aromatic heterocycles. The van der Waals surface area contributed by atoms with Gasteiger partial charge in [0, 0.05) is 16.8 Å². The molecule has 210 valence electrons. The molecule has 1 heterocycles. The first-order chi connectivity index (χ1) is 21.7. The van der Waals surface area contributed by atoms with Crippen molar-refractivity contribution in [3.05, 3.63) is 176 Å². The molecule has 44 heavy (non-hydrogen) atoms. The highest BCUT2D eigenvalue weighted by atomic mass is 31.2. The van der Waals surface area contributed by atoms with Gasteiger partial charge in [0.1, 0.15) is 0 Å². The molecule has 0 spiro atoms. The molecule has 1 aliphatic rings. The molecule has 0 saturated heterocycles. The molecule has 1 aliphatic heterocycles. The van der Waals surface area contributed by atoms with Crippen molar-refractivity contribution in [3.8, 4) is 22.3 Å². The first kappa shape index (κ1) is 26.3. The van der Waals surface area contributed by atoms with Crippen molar-refractivity contribution in [2.75, 3.05) is 9.34 Å². The van der Waals surface area contributed by atoms with Gasteiger partial charge >= 0.3 is 7.44 Å². The van der Waals surface area contributed by atoms with E-state index in [0.717, 1.165) is 50.0 Å². The van der Waals surface area contributed by atoms with Crippen LogP contribution in [0.25, 0.3) is 33.0 Å². The Kier molecular flexibility index (Phi) is 6.40. The Bertz CT molecular complexity index is 2150. The molecule has 0 saturated carbocycles. The monoisotopic (exact) mass is 584 g/mol. The van der Waals surface area contributed by atoms with Crippen LogP contribution in [0, 0.1) is 0 Å². The van der Waals surface area contributed by atoms with Crippen LogP contribution in [0.2, 0.25) is 0 Å². The summed E-state index contributed by atoms with van der Waals surface area (Å²) < 4.78 is 20.3. The van der Waals surface area contributed by atoms with E-state index in [4.69, 9.17) is 0 Å². The van der Waals surface area contributed by atoms with Crippen LogP contribution >= 0.6 is 7.44 Å². The van der Waals surface area contributed by atoms with Gasteiger partial charge in [-0.3, -0.25) is 13.9 Å². The van der Waals surface area contributed by atoms with Crippen molar-refractivity contribution in [2.24, 2.45) is 0 Å². The van der Waals surface area contributed by atoms with Gasteiger partial charge in [0.25, 0.3) is 0 Å². The third kappa shape index (κ3) is 4.17. The molecule has 8 rings (SSSR count). The zero-order valence-corrected chi connectivity index (χ0v) is 24.9. The van der Waals surface area contributed by atoms with Crippen LogP contribution in [-0.2, 0) is 4.57 Å². The van der Waals surface area contributed by atoms with Crippen molar-refractivity contribution in [3.63, 3.8) is 0 Å². The molecule has 0 aliphatic carbocycles. The van der Waals surface area contributed by atoms with Crippen LogP contribution in [0.1, 0.15) is 0 Å². The van der Waals surface area contributed by atoms with Crippen LogP contribution in [0.15, 0.2) is 176 Å². The number of para-hydroxylation sites is 2. The standard InChI is InChI=1S/C40H29N2OP/c43-44(35-27-24-32(25-28-35)37-22-13-12-21-36(37)30-14-4-1-5-15-30)41(33-17-6-2-7-18-33)39-29-26-31-16-10-11-23-38(31)40(39)42(44)34-19-8-3-9-20-34/h1-29H. The number of hydrogen-bond acceptors (Lipinski definition) is 1. The Balaban J connectivity index is 1.35. The normalized spacial score (nSPS) is 15.8. The number of fused-ring (bicyclic) bond motifs is 3. The number of nitrogens with zero attached hydrogens (tertiary/aromatic N) is 2. The van der Waals surface area contributed by atoms with Crippen molar-refractivity contribution < 1.29 is 4.57 Å². The maximum Gasteiger partial charge on any atom is 0.301 e. The molecule has 1 unspecified atom stereocenters. The average Bonchev–Trinajstić information content (AvgIpc) is 3.39. The van der Waals surface area contributed by atoms with E-state index < -0.39 is 7.44 Å². The smallest absolute Gasteiger partial charge is 0.270 e. The van der Waals surface area contributed by atoms with Gasteiger partial charge in [-0.2, -0.15) is 0 Å². The summed E-state index contributed by atoms with van der Waals surface area (Å²) in [5, 5.41) is 2.95. The minimum Gasteiger partial charge on any atom is -0.270 e. The third-order valence-electron chi connectivity index (χ3n) is 8.39. The lowest BCUT2D eigenvalue weighted by molar-refractivity contribution is 0.582. The van der Waals surface area contributed by atoms with Crippen LogP contribution in [0.4, 0.5) is 22.7 Å². The first-order valence-electron chi connectivity index (χ1n) is 14.8. The van der Waals surface area contributed by atoms with Gasteiger partial charge < -0.3 is 0 Å². The van der Waals surface area contributed by atoms with E-state index >= 15 is 4.57 Å². The number of rotatable bonds is 5. The second kappa shape index (κ2) is 10.7. The predicted octanol–water partition coefficient (Wildman–Crippen LogP) is 11.0. The van der Waals surface area contributed by atoms with Gasteiger partial charge in [0.05, 0.1) is 16.7 Å². The molecule has 0 fully saturated rings. The van der Waals surface area contributed by atoms with Crippen molar-refractivity contribution in [1.29, 1.82) is 0 Å². The number of hydrogen-bond donors (Lipinski definition) is 0. The average molecular weight is 585 g/mol. The minimum atomic E-state index is -3.49. The maximum absolute atomic E-state index is 16.2. The van der Waals surface area contributed by atoms with E-state index in [1.807, 2.05) is 54.6 Å². The molecule has 7 aromatic carbocycles. The Labute approximate surface area is 257 Å². The Morgan fingerprint density at radius 3 is 1.55 bits per heavy atom. The molecule has 0 N–H and O–H groups in total. The van der Waals surface area contributed by atoms with E-state index in [2.05, 4.69) is 131 Å². The molecular weight excluding hydrogens is 555 g/mol. The second-order valence-corrected chi connectivity index (χ2v) is 13.4. The van der Waals surface area contributed by atoms with Crippen LogP contribution in [0.5, 0.6) is 0 Å². The highest BCUT2D eigenvalue weighted by Crippen LogP contribution is 2.71. The quantitative estimate of drug-likeness (QED) is 0.188. The zero-order chi connectivity index (χ0) is 29.5. The Hall–Kier alpha value is -5.37. The first-order valence-corrected chi connectivity index (χ1v) is 16.4. The fourth-order valence-corrected chi connectivity index (χ4v) is 9.40. The van der Waals surface area contributed by atoms with E-state index in [1.165, 1.54) is 11.1 Å². The van der Waals surface area contributed by atoms with E-state index in [-0.39, 0.29) is 0 Å². The highest BCUT2D eigenvalue weighted by Gasteiger charge is 2.49. The summed E-state index contributed by atoms with van der Waals surface area (Å²) in [7, 11) is -3.49. The summed E-state index contributed by atoms with van der Waals surface area (Å²) in [4.78, 5) is 0. The van der Waals surface area contributed by atoms with Gasteiger partial charge in [0.15, 0.2) is 0 Å². The van der Waals surface area contributed by atoms with Gasteiger partial charge in [-0.15, -0.1) is 0 Å². The summed E-state index contributed by atoms with van der Waals surface area (Å²) in [5.74, 6) is 0. The van der Waals surface area contributed by atoms with Crippen molar-refractivity contribution >= 4 is 46.3 Å². The molecule has 7 aromatic rings. The summed E-state index contributed by atoms with van der Waals surface area (Å²) in [5.41, 5.74) is 8.24. The summed E-state index contributed by atoms with van der Waals surface area (Å²) in [6, 6.07) is 60.1. The summed E-state index contributed by atoms with van der Waals surface area (Å²) >= 11 is 0. The molecular formula is C40H29N2OP.